The van der Waals surface area contributed by atoms with Crippen LogP contribution in [0, 0.1) is 5.92 Å². The van der Waals surface area contributed by atoms with Crippen molar-refractivity contribution >= 4 is 5.91 Å². The van der Waals surface area contributed by atoms with Crippen LogP contribution in [0.25, 0.3) is 0 Å². The second-order valence-corrected chi connectivity index (χ2v) is 6.44. The summed E-state index contributed by atoms with van der Waals surface area (Å²) in [5, 5.41) is 12.7. The number of aromatic nitrogens is 1. The monoisotopic (exact) mass is 340 g/mol. The molecule has 132 valence electrons. The summed E-state index contributed by atoms with van der Waals surface area (Å²) in [6.07, 6.45) is 3.18. The zero-order chi connectivity index (χ0) is 17.6. The molecule has 2 aromatic rings. The van der Waals surface area contributed by atoms with Crippen LogP contribution < -0.4 is 10.1 Å². The first-order valence-corrected chi connectivity index (χ1v) is 8.75. The maximum Gasteiger partial charge on any atom is 0.224 e. The number of pyridine rings is 1. The number of benzene rings is 1. The van der Waals surface area contributed by atoms with Gasteiger partial charge in [0.15, 0.2) is 0 Å². The van der Waals surface area contributed by atoms with Crippen LogP contribution in [0.1, 0.15) is 37.1 Å². The second-order valence-electron chi connectivity index (χ2n) is 6.44. The minimum atomic E-state index is -0.265. The van der Waals surface area contributed by atoms with E-state index in [-0.39, 0.29) is 24.0 Å². The molecule has 5 heteroatoms. The lowest BCUT2D eigenvalue weighted by Crippen LogP contribution is -2.42. The molecule has 0 saturated heterocycles. The Morgan fingerprint density at radius 3 is 2.64 bits per heavy atom. The van der Waals surface area contributed by atoms with Crippen LogP contribution in [-0.4, -0.2) is 28.7 Å². The molecule has 1 amide bonds. The summed E-state index contributed by atoms with van der Waals surface area (Å²) in [5.74, 6) is 0.997. The van der Waals surface area contributed by atoms with E-state index in [1.165, 1.54) is 0 Å². The van der Waals surface area contributed by atoms with Crippen LogP contribution in [-0.2, 0) is 11.2 Å². The third-order valence-electron chi connectivity index (χ3n) is 4.54. The van der Waals surface area contributed by atoms with E-state index in [0.717, 1.165) is 17.0 Å². The van der Waals surface area contributed by atoms with Crippen molar-refractivity contribution in [2.75, 3.05) is 6.61 Å². The van der Waals surface area contributed by atoms with Gasteiger partial charge in [0.25, 0.3) is 0 Å². The van der Waals surface area contributed by atoms with Gasteiger partial charge in [-0.3, -0.25) is 9.78 Å². The molecule has 1 fully saturated rings. The highest BCUT2D eigenvalue weighted by Gasteiger charge is 2.36. The first kappa shape index (κ1) is 17.4. The normalized spacial score (nSPS) is 20.4. The Kier molecular flexibility index (Phi) is 5.66. The molecular weight excluding hydrogens is 316 g/mol. The predicted molar refractivity (Wildman–Crippen MR) is 95.2 cm³/mol. The van der Waals surface area contributed by atoms with Crippen LogP contribution in [0.15, 0.2) is 48.7 Å². The molecule has 1 atom stereocenters. The lowest BCUT2D eigenvalue weighted by atomic mass is 9.76. The SMILES string of the molecule is CCOc1ccc(CC(=O)N[C@@H](c2ccccn2)C2CC(O)C2)cc1. The van der Waals surface area contributed by atoms with E-state index in [9.17, 15) is 9.90 Å². The molecule has 1 aromatic heterocycles. The fraction of sp³-hybridized carbons (Fsp3) is 0.400. The van der Waals surface area contributed by atoms with Gasteiger partial charge in [-0.25, -0.2) is 0 Å². The molecule has 1 aromatic carbocycles. The Morgan fingerprint density at radius 1 is 1.28 bits per heavy atom. The van der Waals surface area contributed by atoms with Crippen molar-refractivity contribution in [3.63, 3.8) is 0 Å². The molecule has 5 nitrogen and oxygen atoms in total. The minimum absolute atomic E-state index is 0.0406. The molecule has 0 bridgehead atoms. The molecule has 1 saturated carbocycles. The highest BCUT2D eigenvalue weighted by atomic mass is 16.5. The average Bonchev–Trinajstić information content (AvgIpc) is 2.60. The average molecular weight is 340 g/mol. The van der Waals surface area contributed by atoms with E-state index >= 15 is 0 Å². The van der Waals surface area contributed by atoms with Gasteiger partial charge in [-0.05, 0) is 55.5 Å². The van der Waals surface area contributed by atoms with Gasteiger partial charge in [0.2, 0.25) is 5.91 Å². The number of hydrogen-bond donors (Lipinski definition) is 2. The lowest BCUT2D eigenvalue weighted by Gasteiger charge is -2.37. The Bertz CT molecular complexity index is 682. The minimum Gasteiger partial charge on any atom is -0.494 e. The molecule has 3 rings (SSSR count). The number of ether oxygens (including phenoxy) is 1. The maximum atomic E-state index is 12.5. The zero-order valence-corrected chi connectivity index (χ0v) is 14.4. The van der Waals surface area contributed by atoms with Crippen LogP contribution in [0.4, 0.5) is 0 Å². The number of rotatable bonds is 7. The zero-order valence-electron chi connectivity index (χ0n) is 14.4. The maximum absolute atomic E-state index is 12.5. The van der Waals surface area contributed by atoms with E-state index in [1.807, 2.05) is 49.4 Å². The van der Waals surface area contributed by atoms with Gasteiger partial charge < -0.3 is 15.2 Å². The number of amides is 1. The van der Waals surface area contributed by atoms with Gasteiger partial charge in [0, 0.05) is 6.20 Å². The third-order valence-corrected chi connectivity index (χ3v) is 4.54. The van der Waals surface area contributed by atoms with Crippen molar-refractivity contribution in [2.24, 2.45) is 5.92 Å². The van der Waals surface area contributed by atoms with E-state index in [4.69, 9.17) is 4.74 Å². The molecule has 0 aliphatic heterocycles. The van der Waals surface area contributed by atoms with E-state index in [0.29, 0.717) is 25.9 Å². The number of carbonyl (C=O) groups is 1. The largest absolute Gasteiger partial charge is 0.494 e. The molecule has 1 aliphatic rings. The van der Waals surface area contributed by atoms with Crippen molar-refractivity contribution in [1.82, 2.24) is 10.3 Å². The van der Waals surface area contributed by atoms with E-state index < -0.39 is 0 Å². The van der Waals surface area contributed by atoms with Gasteiger partial charge in [-0.1, -0.05) is 18.2 Å². The summed E-state index contributed by atoms with van der Waals surface area (Å²) in [5.41, 5.74) is 1.79. The molecule has 1 heterocycles. The highest BCUT2D eigenvalue weighted by Crippen LogP contribution is 2.37. The number of nitrogens with zero attached hydrogens (tertiary/aromatic N) is 1. The van der Waals surface area contributed by atoms with Crippen molar-refractivity contribution in [2.45, 2.75) is 38.3 Å². The summed E-state index contributed by atoms with van der Waals surface area (Å²) in [4.78, 5) is 16.9. The van der Waals surface area contributed by atoms with Gasteiger partial charge >= 0.3 is 0 Å². The fourth-order valence-electron chi connectivity index (χ4n) is 3.18. The number of hydrogen-bond acceptors (Lipinski definition) is 4. The van der Waals surface area contributed by atoms with Gasteiger partial charge in [-0.2, -0.15) is 0 Å². The molecule has 1 aliphatic carbocycles. The van der Waals surface area contributed by atoms with Crippen LogP contribution in [0.3, 0.4) is 0 Å². The van der Waals surface area contributed by atoms with Crippen molar-refractivity contribution in [1.29, 1.82) is 0 Å². The van der Waals surface area contributed by atoms with Crippen molar-refractivity contribution in [3.8, 4) is 5.75 Å². The van der Waals surface area contributed by atoms with Crippen LogP contribution in [0.5, 0.6) is 5.75 Å². The van der Waals surface area contributed by atoms with Crippen molar-refractivity contribution in [3.05, 3.63) is 59.9 Å². The third kappa shape index (κ3) is 4.57. The Morgan fingerprint density at radius 2 is 2.04 bits per heavy atom. The summed E-state index contributed by atoms with van der Waals surface area (Å²) < 4.78 is 5.42. The number of carbonyl (C=O) groups excluding carboxylic acids is 1. The quantitative estimate of drug-likeness (QED) is 0.813. The Balaban J connectivity index is 1.64. The Hall–Kier alpha value is -2.40. The highest BCUT2D eigenvalue weighted by molar-refractivity contribution is 5.79. The molecule has 0 spiro atoms. The molecule has 2 N–H and O–H groups in total. The predicted octanol–water partition coefficient (Wildman–Crippen LogP) is 2.65. The molecule has 25 heavy (non-hydrogen) atoms. The molecule has 0 radical (unpaired) electrons. The fourth-order valence-corrected chi connectivity index (χ4v) is 3.18. The summed E-state index contributed by atoms with van der Waals surface area (Å²) in [7, 11) is 0. The lowest BCUT2D eigenvalue weighted by molar-refractivity contribution is -0.122. The van der Waals surface area contributed by atoms with Gasteiger partial charge in [0.05, 0.1) is 30.9 Å². The molecule has 0 unspecified atom stereocenters. The summed E-state index contributed by atoms with van der Waals surface area (Å²) in [6.45, 7) is 2.56. The molecular formula is C20H24N2O3. The smallest absolute Gasteiger partial charge is 0.224 e. The summed E-state index contributed by atoms with van der Waals surface area (Å²) in [6, 6.07) is 13.1. The summed E-state index contributed by atoms with van der Waals surface area (Å²) >= 11 is 0. The standard InChI is InChI=1S/C20H24N2O3/c1-2-25-17-8-6-14(7-9-17)11-19(24)22-20(15-12-16(23)13-15)18-5-3-4-10-21-18/h3-10,15-16,20,23H,2,11-13H2,1H3,(H,22,24)/t15?,16?,20-/m1/s1. The van der Waals surface area contributed by atoms with Crippen molar-refractivity contribution < 1.29 is 14.6 Å². The number of nitrogens with one attached hydrogen (secondary N) is 1. The van der Waals surface area contributed by atoms with E-state index in [1.54, 1.807) is 6.20 Å². The Labute approximate surface area is 148 Å². The van der Waals surface area contributed by atoms with Gasteiger partial charge in [-0.15, -0.1) is 0 Å². The van der Waals surface area contributed by atoms with Gasteiger partial charge in [0.1, 0.15) is 5.75 Å². The van der Waals surface area contributed by atoms with Crippen LogP contribution in [0.2, 0.25) is 0 Å². The number of aliphatic hydroxyl groups is 1. The van der Waals surface area contributed by atoms with Crippen LogP contribution >= 0.6 is 0 Å². The topological polar surface area (TPSA) is 71.5 Å². The number of aliphatic hydroxyl groups excluding tert-OH is 1. The first-order chi connectivity index (χ1) is 12.2. The first-order valence-electron chi connectivity index (χ1n) is 8.75. The second kappa shape index (κ2) is 8.12. The van der Waals surface area contributed by atoms with E-state index in [2.05, 4.69) is 10.3 Å².